The zero-order valence-corrected chi connectivity index (χ0v) is 16.9. The van der Waals surface area contributed by atoms with Crippen molar-refractivity contribution in [2.24, 2.45) is 0 Å². The fraction of sp³-hybridized carbons (Fsp3) is 0.455. The van der Waals surface area contributed by atoms with Gasteiger partial charge in [-0.05, 0) is 49.9 Å². The summed E-state index contributed by atoms with van der Waals surface area (Å²) in [6, 6.07) is 9.16. The van der Waals surface area contributed by atoms with Crippen LogP contribution in [0.15, 0.2) is 30.3 Å². The molecular weight excluding hydrogens is 342 g/mol. The molecule has 27 heavy (non-hydrogen) atoms. The number of ether oxygens (including phenoxy) is 2. The van der Waals surface area contributed by atoms with Crippen LogP contribution in [0.2, 0.25) is 0 Å². The maximum absolute atomic E-state index is 12.5. The maximum atomic E-state index is 12.5. The van der Waals surface area contributed by atoms with Gasteiger partial charge in [0.1, 0.15) is 0 Å². The van der Waals surface area contributed by atoms with E-state index in [1.165, 1.54) is 0 Å². The molecule has 1 aromatic heterocycles. The highest BCUT2D eigenvalue weighted by molar-refractivity contribution is 6.00. The lowest BCUT2D eigenvalue weighted by Crippen LogP contribution is -2.15. The molecule has 0 aliphatic heterocycles. The second-order valence-electron chi connectivity index (χ2n) is 7.06. The molecule has 2 aromatic rings. The quantitative estimate of drug-likeness (QED) is 0.374. The third-order valence-corrected chi connectivity index (χ3v) is 4.75. The number of hydrogen-bond acceptors (Lipinski definition) is 4. The van der Waals surface area contributed by atoms with E-state index in [0.29, 0.717) is 23.7 Å². The molecule has 2 rings (SSSR count). The van der Waals surface area contributed by atoms with Crippen molar-refractivity contribution in [2.45, 2.75) is 46.6 Å². The summed E-state index contributed by atoms with van der Waals surface area (Å²) in [6.45, 7) is 9.29. The summed E-state index contributed by atoms with van der Waals surface area (Å²) in [6.07, 6.45) is 0.877. The molecule has 5 heteroatoms. The number of Topliss-reactive ketones (excluding diaryl/α,β-unsaturated/α-hetero) is 1. The molecule has 0 saturated heterocycles. The molecule has 0 spiro atoms. The lowest BCUT2D eigenvalue weighted by Gasteiger charge is -2.09. The molecule has 5 nitrogen and oxygen atoms in total. The number of hydrogen-bond donors (Lipinski definition) is 0. The Balaban J connectivity index is 1.99. The summed E-state index contributed by atoms with van der Waals surface area (Å²) in [5, 5.41) is 0. The minimum absolute atomic E-state index is 0.187. The van der Waals surface area contributed by atoms with Crippen molar-refractivity contribution in [3.05, 3.63) is 58.4 Å². The first-order valence-electron chi connectivity index (χ1n) is 9.31. The van der Waals surface area contributed by atoms with Crippen LogP contribution >= 0.6 is 0 Å². The predicted octanol–water partition coefficient (Wildman–Crippen LogP) is 4.30. The Bertz CT molecular complexity index is 787. The molecule has 0 saturated carbocycles. The summed E-state index contributed by atoms with van der Waals surface area (Å²) in [5.74, 6) is -0.267. The number of benzene rings is 1. The van der Waals surface area contributed by atoms with Gasteiger partial charge in [-0.25, -0.2) is 4.79 Å². The molecule has 0 atom stereocenters. The molecule has 0 bridgehead atoms. The summed E-state index contributed by atoms with van der Waals surface area (Å²) in [4.78, 5) is 24.7. The highest BCUT2D eigenvalue weighted by Gasteiger charge is 2.18. The minimum atomic E-state index is -0.479. The van der Waals surface area contributed by atoms with Gasteiger partial charge in [0, 0.05) is 37.2 Å². The van der Waals surface area contributed by atoms with Crippen molar-refractivity contribution in [1.82, 2.24) is 4.57 Å². The first-order valence-corrected chi connectivity index (χ1v) is 9.31. The first kappa shape index (κ1) is 20.9. The van der Waals surface area contributed by atoms with E-state index in [0.717, 1.165) is 29.9 Å². The molecule has 1 aromatic carbocycles. The van der Waals surface area contributed by atoms with E-state index in [4.69, 9.17) is 9.47 Å². The van der Waals surface area contributed by atoms with Gasteiger partial charge in [-0.15, -0.1) is 0 Å². The predicted molar refractivity (Wildman–Crippen MR) is 106 cm³/mol. The summed E-state index contributed by atoms with van der Waals surface area (Å²) < 4.78 is 12.4. The fourth-order valence-electron chi connectivity index (χ4n) is 3.09. The molecule has 0 N–H and O–H groups in total. The second kappa shape index (κ2) is 9.51. The number of methoxy groups -OCH3 is 1. The van der Waals surface area contributed by atoms with Gasteiger partial charge in [0.15, 0.2) is 6.61 Å². The molecule has 0 aliphatic carbocycles. The lowest BCUT2D eigenvalue weighted by molar-refractivity contribution is 0.0474. The number of esters is 1. The van der Waals surface area contributed by atoms with Gasteiger partial charge < -0.3 is 14.0 Å². The Hall–Kier alpha value is -2.40. The number of aryl methyl sites for hydroxylation is 1. The molecule has 146 valence electrons. The number of carbonyl (C=O) groups is 2. The van der Waals surface area contributed by atoms with Crippen molar-refractivity contribution in [3.63, 3.8) is 0 Å². The molecule has 0 aliphatic rings. The normalized spacial score (nSPS) is 11.0. The van der Waals surface area contributed by atoms with Crippen LogP contribution in [-0.2, 0) is 16.0 Å². The summed E-state index contributed by atoms with van der Waals surface area (Å²) >= 11 is 0. The van der Waals surface area contributed by atoms with Crippen LogP contribution in [0.1, 0.15) is 63.9 Å². The van der Waals surface area contributed by atoms with Gasteiger partial charge in [-0.2, -0.15) is 0 Å². The molecule has 0 amide bonds. The van der Waals surface area contributed by atoms with Gasteiger partial charge in [0.05, 0.1) is 5.56 Å². The number of carbonyl (C=O) groups excluding carboxylic acids is 2. The molecule has 1 heterocycles. The highest BCUT2D eigenvalue weighted by Crippen LogP contribution is 2.18. The average Bonchev–Trinajstić information content (AvgIpc) is 2.94. The third-order valence-electron chi connectivity index (χ3n) is 4.75. The first-order chi connectivity index (χ1) is 12.8. The van der Waals surface area contributed by atoms with E-state index in [2.05, 4.69) is 18.4 Å². The zero-order chi connectivity index (χ0) is 20.0. The molecule has 0 fully saturated rings. The lowest BCUT2D eigenvalue weighted by atomic mass is 10.0. The Labute approximate surface area is 161 Å². The van der Waals surface area contributed by atoms with Gasteiger partial charge in [-0.1, -0.05) is 26.0 Å². The van der Waals surface area contributed by atoms with Gasteiger partial charge in [-0.3, -0.25) is 4.79 Å². The van der Waals surface area contributed by atoms with Gasteiger partial charge >= 0.3 is 5.97 Å². The number of aromatic nitrogens is 1. The number of nitrogens with zero attached hydrogens (tertiary/aromatic N) is 1. The second-order valence-corrected chi connectivity index (χ2v) is 7.06. The van der Waals surface area contributed by atoms with Crippen LogP contribution in [0.25, 0.3) is 0 Å². The zero-order valence-electron chi connectivity index (χ0n) is 16.9. The monoisotopic (exact) mass is 371 g/mol. The minimum Gasteiger partial charge on any atom is -0.454 e. The SMILES string of the molecule is COCCCn1c(C)cc(C(=O)COC(=O)c2ccc(C(C)C)cc2)c1C. The van der Waals surface area contributed by atoms with E-state index in [1.807, 2.05) is 32.0 Å². The van der Waals surface area contributed by atoms with Crippen molar-refractivity contribution in [2.75, 3.05) is 20.3 Å². The van der Waals surface area contributed by atoms with E-state index in [9.17, 15) is 9.59 Å². The third kappa shape index (κ3) is 5.30. The van der Waals surface area contributed by atoms with Crippen LogP contribution in [0.3, 0.4) is 0 Å². The topological polar surface area (TPSA) is 57.5 Å². The summed E-state index contributed by atoms with van der Waals surface area (Å²) in [5.41, 5.74) is 4.13. The van der Waals surface area contributed by atoms with Crippen molar-refractivity contribution in [1.29, 1.82) is 0 Å². The Morgan fingerprint density at radius 3 is 2.37 bits per heavy atom. The van der Waals surface area contributed by atoms with E-state index >= 15 is 0 Å². The van der Waals surface area contributed by atoms with Crippen LogP contribution in [0, 0.1) is 13.8 Å². The van der Waals surface area contributed by atoms with Gasteiger partial charge in [0.2, 0.25) is 5.78 Å². The van der Waals surface area contributed by atoms with Crippen molar-refractivity contribution in [3.8, 4) is 0 Å². The van der Waals surface area contributed by atoms with E-state index in [1.54, 1.807) is 19.2 Å². The maximum Gasteiger partial charge on any atom is 0.338 e. The standard InChI is InChI=1S/C22H29NO4/c1-15(2)18-7-9-19(10-8-18)22(25)27-14-21(24)20-13-16(3)23(17(20)4)11-6-12-26-5/h7-10,13,15H,6,11-12,14H2,1-5H3. The van der Waals surface area contributed by atoms with Crippen LogP contribution in [0.5, 0.6) is 0 Å². The number of rotatable bonds is 9. The van der Waals surface area contributed by atoms with Crippen LogP contribution in [-0.4, -0.2) is 36.6 Å². The van der Waals surface area contributed by atoms with Crippen LogP contribution < -0.4 is 0 Å². The molecule has 0 radical (unpaired) electrons. The van der Waals surface area contributed by atoms with Gasteiger partial charge in [0.25, 0.3) is 0 Å². The van der Waals surface area contributed by atoms with Crippen molar-refractivity contribution < 1.29 is 19.1 Å². The largest absolute Gasteiger partial charge is 0.454 e. The number of ketones is 1. The Morgan fingerprint density at radius 2 is 1.78 bits per heavy atom. The molecule has 0 unspecified atom stereocenters. The summed E-state index contributed by atoms with van der Waals surface area (Å²) in [7, 11) is 1.68. The fourth-order valence-corrected chi connectivity index (χ4v) is 3.09. The average molecular weight is 371 g/mol. The van der Waals surface area contributed by atoms with E-state index < -0.39 is 5.97 Å². The Kier molecular flexibility index (Phi) is 7.36. The highest BCUT2D eigenvalue weighted by atomic mass is 16.5. The molecular formula is C22H29NO4. The van der Waals surface area contributed by atoms with E-state index in [-0.39, 0.29) is 12.4 Å². The smallest absolute Gasteiger partial charge is 0.338 e. The Morgan fingerprint density at radius 1 is 1.11 bits per heavy atom. The van der Waals surface area contributed by atoms with Crippen LogP contribution in [0.4, 0.5) is 0 Å². The van der Waals surface area contributed by atoms with Crippen molar-refractivity contribution >= 4 is 11.8 Å².